The van der Waals surface area contributed by atoms with Crippen LogP contribution in [0.5, 0.6) is 0 Å². The van der Waals surface area contributed by atoms with Crippen molar-refractivity contribution in [3.05, 3.63) is 220 Å². The highest BCUT2D eigenvalue weighted by Crippen LogP contribution is 2.53. The van der Waals surface area contributed by atoms with Gasteiger partial charge in [-0.3, -0.25) is 19.2 Å². The lowest BCUT2D eigenvalue weighted by molar-refractivity contribution is -0.244. The number of hydrogen-bond donors (Lipinski definition) is 2. The Hall–Kier alpha value is -8.95. The zero-order chi connectivity index (χ0) is 103. The zero-order valence-electron chi connectivity index (χ0n) is 86.6. The zero-order valence-corrected chi connectivity index (χ0v) is 88.2. The van der Waals surface area contributed by atoms with E-state index in [1.54, 1.807) is 23.6 Å². The lowest BCUT2D eigenvalue weighted by Crippen LogP contribution is -2.51. The molecular weight excluding hydrogens is 1860 g/mol. The van der Waals surface area contributed by atoms with E-state index in [9.17, 15) is 52.0 Å². The number of hydrogen-bond acceptors (Lipinski definition) is 23. The molecule has 15 rings (SSSR count). The van der Waals surface area contributed by atoms with E-state index < -0.39 is 84.0 Å². The molecule has 31 heteroatoms. The molecule has 142 heavy (non-hydrogen) atoms. The number of amides is 2. The standard InChI is InChI=1S/C24H29NO5.C22H27NO4.C18H29NO3S.C16H21FO3S.C11H19FO3.C10H17N3O.C10H16O2/c1-18-13-14-22(30-23(18)29-19(2)26)16-25(15-20-9-5-3-6-10-20)24(27)28-17-21-11-7-4-8-12-21;1-17-12-13-20(27-21(17)24)15-23(14-18-8-4-2-5-9-18)22(25)26-16-19-10-6-3-7-11-19;1-14-10-11-16(22-17(14)20)13-19(23(21)18(2,3)4)12-15-8-6-5-7-9-15;1-4-13-10(2)14(17)15(19-11(3)18)16(20-13)21-12-8-6-5-7-9-12;1-5-9-6(2)10(12)7(3)11(15-9)14-8(4)13;1-7-8(12-13-11)3-4-9(14-7)10(2)5-6-10;1-7-3-4-8(12-9(7)11)10(2)5-6-10/h3-12,18,22-23H,13-17H2,1-2H3;2-11,17,20-21,24H,12-16H2,1H3;5-9,14,16-17,20H,10-13H2,1-4H3;5-10,13-16H,4H2,1-3H3;6-7,9-11H,5H2,1-4H3;7-9H,3-6H2,1-2H3;7-8H,3-6H2,1-2H3. The number of carbonyl (C=O) groups excluding carboxylic acids is 6. The Labute approximate surface area is 847 Å². The van der Waals surface area contributed by atoms with Crippen LogP contribution in [-0.2, 0) is 120 Å². The molecule has 0 radical (unpaired) electrons. The van der Waals surface area contributed by atoms with E-state index in [4.69, 9.17) is 62.4 Å². The molecular formula is C111H158F2N6O21S2. The van der Waals surface area contributed by atoms with Crippen LogP contribution >= 0.6 is 11.8 Å². The van der Waals surface area contributed by atoms with Gasteiger partial charge in [0.25, 0.3) is 0 Å². The number of cyclic esters (lactones) is 1. The number of benzene rings is 6. The van der Waals surface area contributed by atoms with Crippen LogP contribution in [0.25, 0.3) is 10.4 Å². The first-order valence-electron chi connectivity index (χ1n) is 50.9. The van der Waals surface area contributed by atoms with Gasteiger partial charge in [0.15, 0.2) is 18.7 Å². The van der Waals surface area contributed by atoms with Crippen LogP contribution in [0, 0.1) is 52.3 Å². The molecule has 7 saturated heterocycles. The maximum absolute atomic E-state index is 14.6. The molecule has 0 bridgehead atoms. The smallest absolute Gasteiger partial charge is 0.410 e. The van der Waals surface area contributed by atoms with Gasteiger partial charge >= 0.3 is 36.1 Å². The predicted molar refractivity (Wildman–Crippen MR) is 543 cm³/mol. The SMILES string of the molecule is CC(=O)OC1OC(CN(Cc2ccccc2)C(=O)OCc2ccccc2)CCC1C.CC1CCC(C2(C)CC2)OC1=O.CC1CCC(CN(Cc2ccccc2)C(=O)OCc2ccccc2)OC1O.CC1CCC(CN(Cc2ccccc2)S(=O)C(C)(C)C)OC1O.CC1OC(C2(C)CC2)CCC1N=[N+]=[N-].CCC1OC(OC(C)=O)C(C)C(F)C1C.CCC1OC(Sc2ccccc2)C(OC(C)=O)C(F)C1C. The van der Waals surface area contributed by atoms with Crippen molar-refractivity contribution in [3.63, 3.8) is 0 Å². The fourth-order valence-electron chi connectivity index (χ4n) is 18.0. The second-order valence-electron chi connectivity index (χ2n) is 41.1. The molecule has 784 valence electrons. The normalized spacial score (nSPS) is 29.5. The van der Waals surface area contributed by atoms with Gasteiger partial charge in [0.1, 0.15) is 48.1 Å². The van der Waals surface area contributed by atoms with Crippen molar-refractivity contribution in [2.75, 3.05) is 19.6 Å². The van der Waals surface area contributed by atoms with E-state index >= 15 is 0 Å². The van der Waals surface area contributed by atoms with Gasteiger partial charge in [-0.05, 0) is 181 Å². The average Bonchev–Trinajstić information content (AvgIpc) is 1.66. The number of thioether (sulfide) groups is 1. The van der Waals surface area contributed by atoms with Crippen LogP contribution < -0.4 is 0 Å². The quantitative estimate of drug-likeness (QED) is 0.0159. The summed E-state index contributed by atoms with van der Waals surface area (Å²) in [4.78, 5) is 77.4. The van der Waals surface area contributed by atoms with Crippen LogP contribution in [0.3, 0.4) is 0 Å². The third kappa shape index (κ3) is 38.1. The van der Waals surface area contributed by atoms with Crippen molar-refractivity contribution in [2.45, 2.75) is 374 Å². The van der Waals surface area contributed by atoms with Crippen molar-refractivity contribution in [2.24, 2.45) is 57.4 Å². The van der Waals surface area contributed by atoms with Crippen molar-refractivity contribution >= 4 is 58.8 Å². The number of aliphatic hydroxyl groups is 2. The molecule has 27 nitrogen and oxygen atoms in total. The molecule has 2 amide bonds. The largest absolute Gasteiger partial charge is 0.462 e. The monoisotopic (exact) mass is 2010 g/mol. The highest BCUT2D eigenvalue weighted by molar-refractivity contribution is 7.99. The van der Waals surface area contributed by atoms with E-state index in [2.05, 4.69) is 23.9 Å². The molecule has 0 spiro atoms. The van der Waals surface area contributed by atoms with Gasteiger partial charge in [-0.2, -0.15) is 0 Å². The number of nitrogens with zero attached hydrogens (tertiary/aromatic N) is 6. The number of carbonyl (C=O) groups is 6. The minimum Gasteiger partial charge on any atom is -0.462 e. The van der Waals surface area contributed by atoms with Gasteiger partial charge in [0.05, 0.1) is 78.4 Å². The van der Waals surface area contributed by atoms with Crippen LogP contribution in [0.15, 0.2) is 192 Å². The molecule has 6 aromatic carbocycles. The highest BCUT2D eigenvalue weighted by Gasteiger charge is 2.51. The van der Waals surface area contributed by atoms with E-state index in [0.717, 1.165) is 110 Å². The molecule has 25 atom stereocenters. The van der Waals surface area contributed by atoms with Gasteiger partial charge < -0.3 is 76.9 Å². The first-order valence-corrected chi connectivity index (χ1v) is 52.9. The Kier molecular flexibility index (Phi) is 47.5. The molecule has 6 aromatic rings. The summed E-state index contributed by atoms with van der Waals surface area (Å²) in [5.74, 6) is -1.54. The molecule has 2 aliphatic carbocycles. The Morgan fingerprint density at radius 2 is 0.887 bits per heavy atom. The summed E-state index contributed by atoms with van der Waals surface area (Å²) in [6.07, 6.45) is 9.04. The highest BCUT2D eigenvalue weighted by atomic mass is 32.2. The van der Waals surface area contributed by atoms with Crippen molar-refractivity contribution in [1.29, 1.82) is 0 Å². The Balaban J connectivity index is 0.000000189. The summed E-state index contributed by atoms with van der Waals surface area (Å²) in [7, 11) is -1.13. The van der Waals surface area contributed by atoms with E-state index in [0.29, 0.717) is 56.2 Å². The summed E-state index contributed by atoms with van der Waals surface area (Å²) in [6, 6.07) is 58.5. The Bertz CT molecular complexity index is 4820. The molecule has 25 unspecified atom stereocenters. The summed E-state index contributed by atoms with van der Waals surface area (Å²) in [6.45, 7) is 36.9. The minimum absolute atomic E-state index is 0.0133. The first kappa shape index (κ1) is 117. The molecule has 2 N–H and O–H groups in total. The lowest BCUT2D eigenvalue weighted by Gasteiger charge is -2.41. The van der Waals surface area contributed by atoms with E-state index in [1.807, 2.05) is 262 Å². The maximum atomic E-state index is 14.6. The summed E-state index contributed by atoms with van der Waals surface area (Å²) >= 11 is 1.40. The molecule has 9 fully saturated rings. The van der Waals surface area contributed by atoms with Gasteiger partial charge in [-0.1, -0.05) is 263 Å². The summed E-state index contributed by atoms with van der Waals surface area (Å²) in [5, 5.41) is 23.7. The maximum Gasteiger partial charge on any atom is 0.410 e. The average molecular weight is 2010 g/mol. The number of alkyl halides is 2. The van der Waals surface area contributed by atoms with Crippen molar-refractivity contribution < 1.29 is 109 Å². The minimum atomic E-state index is -1.21. The third-order valence-electron chi connectivity index (χ3n) is 27.8. The number of halogens is 2. The molecule has 0 aromatic heterocycles. The second-order valence-corrected chi connectivity index (χ2v) is 44.5. The molecule has 7 aliphatic heterocycles. The van der Waals surface area contributed by atoms with Gasteiger partial charge in [0.2, 0.25) is 12.6 Å². The fraction of sp³-hybridized carbons (Fsp3) is 0.622. The van der Waals surface area contributed by atoms with Gasteiger partial charge in [-0.25, -0.2) is 26.9 Å². The van der Waals surface area contributed by atoms with Crippen molar-refractivity contribution in [3.8, 4) is 0 Å². The Morgan fingerprint density at radius 3 is 1.31 bits per heavy atom. The third-order valence-corrected chi connectivity index (χ3v) is 30.8. The van der Waals surface area contributed by atoms with Crippen LogP contribution in [-0.4, -0.2) is 193 Å². The topological polar surface area (TPSA) is 329 Å². The molecule has 7 heterocycles. The van der Waals surface area contributed by atoms with E-state index in [1.165, 1.54) is 58.2 Å². The van der Waals surface area contributed by atoms with Gasteiger partial charge in [0, 0.05) is 91.8 Å². The van der Waals surface area contributed by atoms with Crippen LogP contribution in [0.1, 0.15) is 255 Å². The fourth-order valence-corrected chi connectivity index (χ4v) is 20.5. The number of ether oxygens (including phenoxy) is 12. The van der Waals surface area contributed by atoms with Crippen LogP contribution in [0.4, 0.5) is 18.4 Å². The number of azide groups is 1. The summed E-state index contributed by atoms with van der Waals surface area (Å²) in [5.41, 5.74) is 13.7. The van der Waals surface area contributed by atoms with E-state index in [-0.39, 0.29) is 120 Å². The molecule has 2 saturated carbocycles. The predicted octanol–water partition coefficient (Wildman–Crippen LogP) is 22.8. The number of aliphatic hydroxyl groups excluding tert-OH is 2. The van der Waals surface area contributed by atoms with Gasteiger partial charge in [-0.15, -0.1) is 0 Å². The number of rotatable bonds is 27. The lowest BCUT2D eigenvalue weighted by atomic mass is 9.86. The second kappa shape index (κ2) is 57.8. The Morgan fingerprint density at radius 1 is 0.486 bits per heavy atom. The molecule has 9 aliphatic rings. The first-order chi connectivity index (χ1) is 67.7. The van der Waals surface area contributed by atoms with Crippen LogP contribution in [0.2, 0.25) is 0 Å². The summed E-state index contributed by atoms with van der Waals surface area (Å²) < 4.78 is 110. The number of esters is 4. The van der Waals surface area contributed by atoms with Crippen molar-refractivity contribution in [1.82, 2.24) is 14.1 Å².